The Kier molecular flexibility index (Phi) is 40.5. The first-order valence-corrected chi connectivity index (χ1v) is 32.0. The van der Waals surface area contributed by atoms with E-state index in [1.54, 1.807) is 45.0 Å². The number of halogens is 2. The number of benzene rings is 4. The number of hydrogen-bond donors (Lipinski definition) is 2. The molecule has 558 valence electrons. The van der Waals surface area contributed by atoms with Crippen LogP contribution in [0.4, 0.5) is 8.78 Å². The highest BCUT2D eigenvalue weighted by atomic mass is 19.1. The fraction of sp³-hybridized carbons (Fsp3) is 0.385. The third kappa shape index (κ3) is 31.5. The minimum Gasteiger partial charge on any atom is -0.492 e. The molecular formula is C78H74F2N16O13. The van der Waals surface area contributed by atoms with E-state index < -0.39 is 63.8 Å². The Labute approximate surface area is 630 Å². The lowest BCUT2D eigenvalue weighted by molar-refractivity contribution is -0.0376. The van der Waals surface area contributed by atoms with Crippen LogP contribution < -0.4 is 70.2 Å². The average Bonchev–Trinajstić information content (AvgIpc) is 0.762. The zero-order valence-electron chi connectivity index (χ0n) is 61.8. The molecule has 0 aliphatic heterocycles. The van der Waals surface area contributed by atoms with Crippen LogP contribution in [0.3, 0.4) is 0 Å². The molecule has 2 N–H and O–H groups in total. The molecule has 29 nitrogen and oxygen atoms in total. The minimum atomic E-state index is -1.36. The van der Waals surface area contributed by atoms with Crippen molar-refractivity contribution in [3.05, 3.63) is 193 Å². The molecule has 4 aromatic rings. The normalized spacial score (nSPS) is 10.0. The lowest BCUT2D eigenvalue weighted by Gasteiger charge is -2.20. The third-order valence-electron chi connectivity index (χ3n) is 12.7. The van der Waals surface area contributed by atoms with Crippen molar-refractivity contribution >= 4 is 45.6 Å². The number of nitrogens with zero attached hydrogens (tertiary/aromatic N) is 16. The van der Waals surface area contributed by atoms with Crippen molar-refractivity contribution in [3.63, 3.8) is 0 Å². The molecule has 0 unspecified atom stereocenters. The maximum Gasteiger partial charge on any atom is 0.533 e. The van der Waals surface area contributed by atoms with Crippen LogP contribution >= 0.6 is 0 Å². The van der Waals surface area contributed by atoms with Gasteiger partial charge in [0.05, 0.1) is 80.5 Å². The Morgan fingerprint density at radius 3 is 0.963 bits per heavy atom. The molecule has 31 heteroatoms. The van der Waals surface area contributed by atoms with Gasteiger partial charge in [-0.3, -0.25) is 0 Å². The minimum absolute atomic E-state index is 0.0272. The highest BCUT2D eigenvalue weighted by Crippen LogP contribution is 2.22. The first kappa shape index (κ1) is 93.1. The second-order valence-corrected chi connectivity index (χ2v) is 24.9. The molecular weight excluding hydrogens is 1410 g/mol. The van der Waals surface area contributed by atoms with E-state index in [1.165, 1.54) is 60.7 Å². The first-order chi connectivity index (χ1) is 51.7. The zero-order chi connectivity index (χ0) is 82.5. The molecule has 0 saturated heterocycles. The standard InChI is InChI=1S/C20H18F2N4O4.C20H20N4O4.C20H20N4O3.C18H16N4O2/c1-20(2,3)30-9-8-29-18-14(19(25-4)26-5)16(22)17(28-7-6-27)13(15(18)21)12(10-23)11-24;1-20(2,3)28-9-8-27-18-10-15(14(12-21)13-22)17(26-7-6-25)11-16(18)19(23-4)24-5;1-20(2,3)27-11-9-25-8-10-26-18-12-15(16(13-21)14-22)6-7-17(18)19(23-4)24-5;1-18(2,3)24-9-8-23-16-10-13(14(11-19)12-20)6-7-15(16)17(21-4)22-5/h27H,6-9H2,1-3H3;10-11,25H,6-9H2,1-3H3;6-7,12H,8-11H2,1-3H3;6-7,10H,8-9H2,1-3H3. The van der Waals surface area contributed by atoms with Gasteiger partial charge in [0.15, 0.2) is 28.4 Å². The molecule has 0 radical (unpaired) electrons. The number of ether oxygens (including phenoxy) is 11. The number of nitriles is 8. The Bertz CT molecular complexity index is 5130. The molecule has 0 spiro atoms. The summed E-state index contributed by atoms with van der Waals surface area (Å²) in [5, 5.41) is 90.7. The predicted octanol–water partition coefficient (Wildman–Crippen LogP) is 6.97. The van der Waals surface area contributed by atoms with Crippen LogP contribution in [0.5, 0.6) is 34.5 Å². The van der Waals surface area contributed by atoms with Gasteiger partial charge in [0.1, 0.15) is 202 Å². The maximum absolute atomic E-state index is 15.3. The summed E-state index contributed by atoms with van der Waals surface area (Å²) >= 11 is 0. The van der Waals surface area contributed by atoms with Crippen molar-refractivity contribution < 1.29 is 71.1 Å². The summed E-state index contributed by atoms with van der Waals surface area (Å²) in [6.45, 7) is 80.2. The maximum atomic E-state index is 15.3. The van der Waals surface area contributed by atoms with Gasteiger partial charge in [0.2, 0.25) is 0 Å². The van der Waals surface area contributed by atoms with E-state index in [4.69, 9.17) is 146 Å². The van der Waals surface area contributed by atoms with Gasteiger partial charge in [0.25, 0.3) is 0 Å². The molecule has 0 aliphatic rings. The Balaban J connectivity index is 0.000000729. The van der Waals surface area contributed by atoms with Crippen molar-refractivity contribution in [2.75, 3.05) is 92.5 Å². The fourth-order valence-corrected chi connectivity index (χ4v) is 8.15. The molecule has 0 aliphatic carbocycles. The highest BCUT2D eigenvalue weighted by molar-refractivity contribution is 5.77. The molecule has 109 heavy (non-hydrogen) atoms. The van der Waals surface area contributed by atoms with Crippen molar-refractivity contribution in [2.24, 2.45) is 0 Å². The number of rotatable bonds is 25. The van der Waals surface area contributed by atoms with E-state index in [9.17, 15) is 10.5 Å². The molecule has 4 rings (SSSR count). The Morgan fingerprint density at radius 2 is 0.606 bits per heavy atom. The van der Waals surface area contributed by atoms with Crippen LogP contribution in [0, 0.1) is 155 Å². The lowest BCUT2D eigenvalue weighted by Crippen LogP contribution is -2.30. The number of aliphatic hydroxyl groups is 2. The molecule has 0 fully saturated rings. The van der Waals surface area contributed by atoms with Crippen LogP contribution in [-0.2, 0) is 23.7 Å². The van der Waals surface area contributed by atoms with E-state index in [0.29, 0.717) is 40.7 Å². The first-order valence-electron chi connectivity index (χ1n) is 32.0. The summed E-state index contributed by atoms with van der Waals surface area (Å²) in [5.41, 5.74) is -2.59. The topological polar surface area (TPSA) is 367 Å². The second kappa shape index (κ2) is 47.4. The number of hydrogen-bond acceptors (Lipinski definition) is 21. The average molecular weight is 1480 g/mol. The lowest BCUT2D eigenvalue weighted by atomic mass is 10.1. The van der Waals surface area contributed by atoms with Crippen LogP contribution in [0.2, 0.25) is 0 Å². The smallest absolute Gasteiger partial charge is 0.492 e. The molecule has 0 aromatic heterocycles. The van der Waals surface area contributed by atoms with Crippen molar-refractivity contribution in [1.29, 1.82) is 42.1 Å². The van der Waals surface area contributed by atoms with Gasteiger partial charge in [-0.15, -0.1) is 0 Å². The molecule has 0 bridgehead atoms. The summed E-state index contributed by atoms with van der Waals surface area (Å²) < 4.78 is 90.7. The van der Waals surface area contributed by atoms with Crippen LogP contribution in [-0.4, -0.2) is 125 Å². The van der Waals surface area contributed by atoms with Gasteiger partial charge in [-0.1, -0.05) is 24.3 Å². The van der Waals surface area contributed by atoms with Gasteiger partial charge in [-0.25, -0.2) is 8.78 Å². The summed E-state index contributed by atoms with van der Waals surface area (Å²) in [6.07, 6.45) is 0. The van der Waals surface area contributed by atoms with E-state index in [2.05, 4.69) is 38.8 Å². The molecule has 4 aromatic carbocycles. The molecule has 0 heterocycles. The highest BCUT2D eigenvalue weighted by Gasteiger charge is 2.28. The van der Waals surface area contributed by atoms with E-state index in [0.717, 1.165) is 0 Å². The quantitative estimate of drug-likeness (QED) is 0.0499. The van der Waals surface area contributed by atoms with Crippen molar-refractivity contribution in [2.45, 2.75) is 105 Å². The second-order valence-electron chi connectivity index (χ2n) is 24.9. The van der Waals surface area contributed by atoms with Gasteiger partial charge < -0.3 is 62.3 Å². The number of aliphatic hydroxyl groups excluding tert-OH is 2. The predicted molar refractivity (Wildman–Crippen MR) is 388 cm³/mol. The summed E-state index contributed by atoms with van der Waals surface area (Å²) in [5.74, 6) is -4.98. The third-order valence-corrected chi connectivity index (χ3v) is 12.7. The van der Waals surface area contributed by atoms with Gasteiger partial charge >= 0.3 is 23.3 Å². The zero-order valence-corrected chi connectivity index (χ0v) is 61.8. The Hall–Kier alpha value is -13.9. The van der Waals surface area contributed by atoms with Crippen LogP contribution in [0.25, 0.3) is 84.3 Å². The van der Waals surface area contributed by atoms with E-state index >= 15 is 8.78 Å². The van der Waals surface area contributed by atoms with Crippen LogP contribution in [0.1, 0.15) is 83.1 Å². The largest absolute Gasteiger partial charge is 0.533 e. The van der Waals surface area contributed by atoms with Gasteiger partial charge in [-0.05, 0) is 107 Å². The molecule has 0 atom stereocenters. The summed E-state index contributed by atoms with van der Waals surface area (Å²) in [6, 6.07) is 25.4. The van der Waals surface area contributed by atoms with E-state index in [-0.39, 0.29) is 144 Å². The molecule has 0 saturated carbocycles. The van der Waals surface area contributed by atoms with E-state index in [1.807, 2.05) is 74.5 Å². The summed E-state index contributed by atoms with van der Waals surface area (Å²) in [7, 11) is 0. The van der Waals surface area contributed by atoms with Gasteiger partial charge in [0, 0.05) is 15.7 Å². The van der Waals surface area contributed by atoms with Gasteiger partial charge in [-0.2, -0.15) is 80.9 Å². The van der Waals surface area contributed by atoms with Crippen LogP contribution in [0.15, 0.2) is 48.5 Å². The fourth-order valence-electron chi connectivity index (χ4n) is 8.15. The van der Waals surface area contributed by atoms with Crippen molar-refractivity contribution in [3.8, 4) is 83.1 Å². The Morgan fingerprint density at radius 1 is 0.330 bits per heavy atom. The summed E-state index contributed by atoms with van der Waals surface area (Å²) in [4.78, 5) is 24.9. The monoisotopic (exact) mass is 1480 g/mol. The molecule has 0 amide bonds. The SMILES string of the molecule is [C-]#[N+]C([N+]#[C-])=c1c(F)c(OCCO)c(=C(C#N)C#N)c(F)c1OCCOC(C)(C)C.[C-]#[N+]C([N+]#[C-])=c1cc(OCCO)c(=C(C#N)C#N)cc1OCCOC(C)(C)C.[C-]#[N+]C([N+]#[C-])=c1ccc(=C(C#N)C#N)cc1OCCOC(C)(C)C.[C-]#[N+]C([N+]#[C-])=c1ccc(=C(C#N)C#N)cc1OCCOCCOC(C)(C)C. The van der Waals surface area contributed by atoms with Crippen molar-refractivity contribution in [1.82, 2.24) is 0 Å².